The van der Waals surface area contributed by atoms with Gasteiger partial charge in [0.05, 0.1) is 12.2 Å². The number of rotatable bonds is 3. The number of nitrogens with zero attached hydrogens (tertiary/aromatic N) is 6. The number of anilines is 2. The molecule has 3 rings (SSSR count). The van der Waals surface area contributed by atoms with Crippen molar-refractivity contribution in [2.75, 3.05) is 30.4 Å². The Morgan fingerprint density at radius 1 is 1.23 bits per heavy atom. The molecule has 0 atom stereocenters. The van der Waals surface area contributed by atoms with E-state index in [9.17, 15) is 0 Å². The maximum Gasteiger partial charge on any atom is 0.227 e. The normalized spacial score (nSPS) is 13.9. The summed E-state index contributed by atoms with van der Waals surface area (Å²) in [5.74, 6) is 2.62. The third-order valence-electron chi connectivity index (χ3n) is 3.88. The molecule has 0 spiro atoms. The van der Waals surface area contributed by atoms with Gasteiger partial charge in [0.25, 0.3) is 0 Å². The third kappa shape index (κ3) is 2.86. The van der Waals surface area contributed by atoms with Gasteiger partial charge in [-0.25, -0.2) is 15.0 Å². The van der Waals surface area contributed by atoms with Crippen LogP contribution in [0.3, 0.4) is 0 Å². The van der Waals surface area contributed by atoms with Crippen LogP contribution in [0.4, 0.5) is 11.8 Å². The van der Waals surface area contributed by atoms with Crippen LogP contribution in [-0.4, -0.2) is 40.6 Å². The third-order valence-corrected chi connectivity index (χ3v) is 3.88. The Kier molecular flexibility index (Phi) is 3.92. The van der Waals surface area contributed by atoms with E-state index in [0.717, 1.165) is 54.9 Å². The SMILES string of the molecule is CCc1ncc2c(n1)CN(c1nc(C)cc(N(C)C)n1)CC2. The van der Waals surface area contributed by atoms with Crippen molar-refractivity contribution >= 4 is 11.8 Å². The van der Waals surface area contributed by atoms with Crippen LogP contribution in [0.15, 0.2) is 12.3 Å². The fourth-order valence-corrected chi connectivity index (χ4v) is 2.59. The first-order valence-corrected chi connectivity index (χ1v) is 7.68. The molecule has 3 heterocycles. The molecule has 0 unspecified atom stereocenters. The Morgan fingerprint density at radius 2 is 2.05 bits per heavy atom. The topological polar surface area (TPSA) is 58.0 Å². The molecule has 1 aliphatic heterocycles. The zero-order valence-corrected chi connectivity index (χ0v) is 13.7. The largest absolute Gasteiger partial charge is 0.363 e. The van der Waals surface area contributed by atoms with Gasteiger partial charge in [-0.1, -0.05) is 6.92 Å². The lowest BCUT2D eigenvalue weighted by Crippen LogP contribution is -2.33. The Hall–Kier alpha value is -2.24. The Labute approximate surface area is 131 Å². The van der Waals surface area contributed by atoms with Gasteiger partial charge in [0, 0.05) is 45.0 Å². The summed E-state index contributed by atoms with van der Waals surface area (Å²) in [5, 5.41) is 0. The fourth-order valence-electron chi connectivity index (χ4n) is 2.59. The lowest BCUT2D eigenvalue weighted by molar-refractivity contribution is 0.673. The zero-order valence-electron chi connectivity index (χ0n) is 13.7. The van der Waals surface area contributed by atoms with E-state index >= 15 is 0 Å². The molecule has 0 aromatic carbocycles. The molecular formula is C16H22N6. The smallest absolute Gasteiger partial charge is 0.227 e. The number of hydrogen-bond acceptors (Lipinski definition) is 6. The summed E-state index contributed by atoms with van der Waals surface area (Å²) in [6.45, 7) is 5.74. The number of hydrogen-bond donors (Lipinski definition) is 0. The highest BCUT2D eigenvalue weighted by Gasteiger charge is 2.21. The van der Waals surface area contributed by atoms with Crippen molar-refractivity contribution in [3.63, 3.8) is 0 Å². The van der Waals surface area contributed by atoms with Crippen LogP contribution in [0.2, 0.25) is 0 Å². The quantitative estimate of drug-likeness (QED) is 0.860. The molecule has 0 N–H and O–H groups in total. The predicted molar refractivity (Wildman–Crippen MR) is 87.3 cm³/mol. The van der Waals surface area contributed by atoms with Crippen LogP contribution in [0, 0.1) is 6.92 Å². The van der Waals surface area contributed by atoms with Gasteiger partial charge in [0.2, 0.25) is 5.95 Å². The highest BCUT2D eigenvalue weighted by Crippen LogP contribution is 2.22. The molecule has 0 radical (unpaired) electrons. The van der Waals surface area contributed by atoms with E-state index in [4.69, 9.17) is 0 Å². The van der Waals surface area contributed by atoms with Gasteiger partial charge in [-0.15, -0.1) is 0 Å². The van der Waals surface area contributed by atoms with E-state index in [-0.39, 0.29) is 0 Å². The van der Waals surface area contributed by atoms with Gasteiger partial charge in [-0.05, 0) is 18.9 Å². The average molecular weight is 298 g/mol. The Bertz CT molecular complexity index is 682. The van der Waals surface area contributed by atoms with Crippen LogP contribution >= 0.6 is 0 Å². The maximum atomic E-state index is 4.67. The summed E-state index contributed by atoms with van der Waals surface area (Å²) in [4.78, 5) is 22.5. The van der Waals surface area contributed by atoms with Crippen LogP contribution in [0.25, 0.3) is 0 Å². The van der Waals surface area contributed by atoms with Gasteiger partial charge in [-0.3, -0.25) is 0 Å². The van der Waals surface area contributed by atoms with Crippen LogP contribution in [0.1, 0.15) is 29.7 Å². The van der Waals surface area contributed by atoms with Crippen molar-refractivity contribution in [3.8, 4) is 0 Å². The van der Waals surface area contributed by atoms with Crippen molar-refractivity contribution in [2.45, 2.75) is 33.2 Å². The molecular weight excluding hydrogens is 276 g/mol. The summed E-state index contributed by atoms with van der Waals surface area (Å²) in [6, 6.07) is 2.00. The van der Waals surface area contributed by atoms with E-state index in [2.05, 4.69) is 31.8 Å². The van der Waals surface area contributed by atoms with Gasteiger partial charge in [0.1, 0.15) is 11.6 Å². The summed E-state index contributed by atoms with van der Waals surface area (Å²) in [6.07, 6.45) is 3.77. The van der Waals surface area contributed by atoms with E-state index in [0.29, 0.717) is 0 Å². The Balaban J connectivity index is 1.91. The molecule has 0 amide bonds. The highest BCUT2D eigenvalue weighted by atomic mass is 15.3. The van der Waals surface area contributed by atoms with Crippen molar-refractivity contribution in [2.24, 2.45) is 0 Å². The zero-order chi connectivity index (χ0) is 15.7. The van der Waals surface area contributed by atoms with Gasteiger partial charge in [0.15, 0.2) is 0 Å². The summed E-state index contributed by atoms with van der Waals surface area (Å²) in [5.41, 5.74) is 3.33. The predicted octanol–water partition coefficient (Wildman–Crippen LogP) is 1.77. The molecule has 6 heteroatoms. The maximum absolute atomic E-state index is 4.67. The fraction of sp³-hybridized carbons (Fsp3) is 0.500. The second kappa shape index (κ2) is 5.87. The number of aryl methyl sites for hydroxylation is 2. The number of fused-ring (bicyclic) bond motifs is 1. The second-order valence-electron chi connectivity index (χ2n) is 5.85. The average Bonchev–Trinajstić information content (AvgIpc) is 2.53. The molecule has 22 heavy (non-hydrogen) atoms. The minimum atomic E-state index is 0.751. The summed E-state index contributed by atoms with van der Waals surface area (Å²) >= 11 is 0. The molecule has 0 aliphatic carbocycles. The standard InChI is InChI=1S/C16H22N6/c1-5-14-17-9-12-6-7-22(10-13(12)19-14)16-18-11(2)8-15(20-16)21(3)4/h8-9H,5-7,10H2,1-4H3. The first-order chi connectivity index (χ1) is 10.6. The summed E-state index contributed by atoms with van der Waals surface area (Å²) < 4.78 is 0. The van der Waals surface area contributed by atoms with Crippen molar-refractivity contribution in [1.29, 1.82) is 0 Å². The van der Waals surface area contributed by atoms with E-state index < -0.39 is 0 Å². The van der Waals surface area contributed by atoms with E-state index in [1.807, 2.05) is 38.2 Å². The lowest BCUT2D eigenvalue weighted by Gasteiger charge is -2.29. The van der Waals surface area contributed by atoms with E-state index in [1.165, 1.54) is 5.56 Å². The minimum absolute atomic E-state index is 0.751. The van der Waals surface area contributed by atoms with Gasteiger partial charge >= 0.3 is 0 Å². The first-order valence-electron chi connectivity index (χ1n) is 7.68. The lowest BCUT2D eigenvalue weighted by atomic mass is 10.1. The molecule has 6 nitrogen and oxygen atoms in total. The van der Waals surface area contributed by atoms with Crippen LogP contribution in [0.5, 0.6) is 0 Å². The van der Waals surface area contributed by atoms with Gasteiger partial charge < -0.3 is 9.80 Å². The summed E-state index contributed by atoms with van der Waals surface area (Å²) in [7, 11) is 4.00. The molecule has 116 valence electrons. The monoisotopic (exact) mass is 298 g/mol. The van der Waals surface area contributed by atoms with Crippen LogP contribution < -0.4 is 9.80 Å². The number of aromatic nitrogens is 4. The van der Waals surface area contributed by atoms with Gasteiger partial charge in [-0.2, -0.15) is 4.98 Å². The van der Waals surface area contributed by atoms with Crippen LogP contribution in [-0.2, 0) is 19.4 Å². The molecule has 2 aromatic heterocycles. The molecule has 0 saturated carbocycles. The van der Waals surface area contributed by atoms with Crippen molar-refractivity contribution < 1.29 is 0 Å². The second-order valence-corrected chi connectivity index (χ2v) is 5.85. The first kappa shape index (κ1) is 14.7. The van der Waals surface area contributed by atoms with E-state index in [1.54, 1.807) is 0 Å². The molecule has 0 bridgehead atoms. The molecule has 1 aliphatic rings. The van der Waals surface area contributed by atoms with Crippen molar-refractivity contribution in [1.82, 2.24) is 19.9 Å². The molecule has 2 aromatic rings. The Morgan fingerprint density at radius 3 is 2.77 bits per heavy atom. The molecule has 0 fully saturated rings. The highest BCUT2D eigenvalue weighted by molar-refractivity contribution is 5.46. The minimum Gasteiger partial charge on any atom is -0.363 e. The van der Waals surface area contributed by atoms with Crippen molar-refractivity contribution in [3.05, 3.63) is 35.0 Å². The molecule has 0 saturated heterocycles.